The monoisotopic (exact) mass is 516 g/mol. The minimum absolute atomic E-state index is 0.0550. The number of hydrogen-bond donors (Lipinski definition) is 8. The van der Waals surface area contributed by atoms with Crippen molar-refractivity contribution in [3.63, 3.8) is 0 Å². The molecule has 13 nitrogen and oxygen atoms in total. The molecule has 0 fully saturated rings. The summed E-state index contributed by atoms with van der Waals surface area (Å²) in [5, 5.41) is 17.4. The van der Waals surface area contributed by atoms with Gasteiger partial charge in [0.25, 0.3) is 0 Å². The number of nitrogens with zero attached hydrogens (tertiary/aromatic N) is 1. The molecule has 1 heterocycles. The Morgan fingerprint density at radius 1 is 1.05 bits per heavy atom. The Bertz CT molecular complexity index is 1130. The summed E-state index contributed by atoms with van der Waals surface area (Å²) < 4.78 is 0. The van der Waals surface area contributed by atoms with E-state index in [1.807, 2.05) is 24.3 Å². The first-order chi connectivity index (χ1) is 17.5. The average Bonchev–Trinajstić information content (AvgIpc) is 3.25. The molecule has 3 unspecified atom stereocenters. The molecule has 0 aliphatic carbocycles. The van der Waals surface area contributed by atoms with E-state index in [0.29, 0.717) is 13.0 Å². The number of hydrogen-bond acceptors (Lipinski definition) is 6. The minimum Gasteiger partial charge on any atom is -0.480 e. The van der Waals surface area contributed by atoms with Gasteiger partial charge in [-0.2, -0.15) is 0 Å². The number of aliphatic carboxylic acids is 1. The van der Waals surface area contributed by atoms with Crippen LogP contribution in [-0.4, -0.2) is 71.0 Å². The fourth-order valence-corrected chi connectivity index (χ4v) is 3.72. The number of H-pyrrole nitrogens is 1. The highest BCUT2D eigenvalue weighted by atomic mass is 16.4. The molecule has 11 N–H and O–H groups in total. The Labute approximate surface area is 214 Å². The van der Waals surface area contributed by atoms with Gasteiger partial charge in [-0.1, -0.05) is 32.0 Å². The smallest absolute Gasteiger partial charge is 0.322 e. The van der Waals surface area contributed by atoms with Crippen molar-refractivity contribution in [1.29, 1.82) is 0 Å². The Kier molecular flexibility index (Phi) is 10.9. The van der Waals surface area contributed by atoms with Crippen molar-refractivity contribution in [2.45, 2.75) is 51.2 Å². The van der Waals surface area contributed by atoms with Crippen molar-refractivity contribution in [2.24, 2.45) is 28.1 Å². The van der Waals surface area contributed by atoms with Crippen LogP contribution in [0.3, 0.4) is 0 Å². The van der Waals surface area contributed by atoms with Gasteiger partial charge in [0.1, 0.15) is 18.6 Å². The Hall–Kier alpha value is -4.13. The fourth-order valence-electron chi connectivity index (χ4n) is 3.72. The van der Waals surface area contributed by atoms with Gasteiger partial charge in [0.2, 0.25) is 17.7 Å². The van der Waals surface area contributed by atoms with E-state index in [1.54, 1.807) is 20.0 Å². The highest BCUT2D eigenvalue weighted by Crippen LogP contribution is 2.19. The van der Waals surface area contributed by atoms with Crippen molar-refractivity contribution in [1.82, 2.24) is 20.9 Å². The van der Waals surface area contributed by atoms with Gasteiger partial charge in [0, 0.05) is 30.1 Å². The van der Waals surface area contributed by atoms with Gasteiger partial charge in [-0.15, -0.1) is 0 Å². The number of para-hydroxylation sites is 1. The van der Waals surface area contributed by atoms with Gasteiger partial charge in [-0.3, -0.25) is 24.2 Å². The summed E-state index contributed by atoms with van der Waals surface area (Å²) in [7, 11) is 0. The van der Waals surface area contributed by atoms with E-state index in [9.17, 15) is 19.2 Å². The van der Waals surface area contributed by atoms with Crippen LogP contribution in [0.2, 0.25) is 0 Å². The molecule has 2 rings (SSSR count). The summed E-state index contributed by atoms with van der Waals surface area (Å²) in [6, 6.07) is 4.54. The molecule has 1 aromatic heterocycles. The number of carbonyl (C=O) groups is 4. The molecule has 37 heavy (non-hydrogen) atoms. The lowest BCUT2D eigenvalue weighted by molar-refractivity contribution is -0.139. The molecule has 13 heteroatoms. The minimum atomic E-state index is -1.21. The second-order valence-corrected chi connectivity index (χ2v) is 9.02. The SMILES string of the molecule is CC(C)C(NC(=O)C(Cc1c[nH]c2ccccc12)NC(=O)C(N)CCCN=C(N)N)C(=O)NCC(=O)O. The first kappa shape index (κ1) is 29.1. The predicted molar refractivity (Wildman–Crippen MR) is 139 cm³/mol. The molecule has 0 spiro atoms. The quantitative estimate of drug-likeness (QED) is 0.0871. The van der Waals surface area contributed by atoms with Gasteiger partial charge >= 0.3 is 5.97 Å². The van der Waals surface area contributed by atoms with Crippen molar-refractivity contribution in [2.75, 3.05) is 13.1 Å². The van der Waals surface area contributed by atoms with E-state index in [0.717, 1.165) is 16.5 Å². The molecule has 3 amide bonds. The Morgan fingerprint density at radius 3 is 2.41 bits per heavy atom. The van der Waals surface area contributed by atoms with Crippen LogP contribution in [0, 0.1) is 5.92 Å². The summed E-state index contributed by atoms with van der Waals surface area (Å²) in [5.74, 6) is -3.39. The van der Waals surface area contributed by atoms with E-state index < -0.39 is 48.4 Å². The fraction of sp³-hybridized carbons (Fsp3) is 0.458. The number of nitrogens with one attached hydrogen (secondary N) is 4. The lowest BCUT2D eigenvalue weighted by Gasteiger charge is -2.26. The molecule has 3 atom stereocenters. The molecule has 2 aromatic rings. The summed E-state index contributed by atoms with van der Waals surface area (Å²) in [6.07, 6.45) is 2.64. The maximum absolute atomic E-state index is 13.3. The zero-order valence-corrected chi connectivity index (χ0v) is 21.0. The van der Waals surface area contributed by atoms with Gasteiger partial charge in [0.15, 0.2) is 5.96 Å². The maximum Gasteiger partial charge on any atom is 0.322 e. The van der Waals surface area contributed by atoms with Crippen LogP contribution in [0.5, 0.6) is 0 Å². The highest BCUT2D eigenvalue weighted by Gasteiger charge is 2.30. The second-order valence-electron chi connectivity index (χ2n) is 9.02. The maximum atomic E-state index is 13.3. The number of aromatic nitrogens is 1. The molecule has 1 aromatic carbocycles. The number of fused-ring (bicyclic) bond motifs is 1. The van der Waals surface area contributed by atoms with Crippen LogP contribution in [-0.2, 0) is 25.6 Å². The predicted octanol–water partition coefficient (Wildman–Crippen LogP) is -1.08. The summed E-state index contributed by atoms with van der Waals surface area (Å²) in [6.45, 7) is 3.16. The van der Waals surface area contributed by atoms with Crippen molar-refractivity contribution >= 4 is 40.6 Å². The summed E-state index contributed by atoms with van der Waals surface area (Å²) >= 11 is 0. The van der Waals surface area contributed by atoms with Crippen LogP contribution < -0.4 is 33.2 Å². The number of rotatable bonds is 14. The normalized spacial score (nSPS) is 13.4. The third-order valence-corrected chi connectivity index (χ3v) is 5.70. The van der Waals surface area contributed by atoms with Crippen molar-refractivity contribution in [3.05, 3.63) is 36.0 Å². The van der Waals surface area contributed by atoms with Crippen LogP contribution in [0.15, 0.2) is 35.5 Å². The van der Waals surface area contributed by atoms with E-state index >= 15 is 0 Å². The van der Waals surface area contributed by atoms with E-state index in [-0.39, 0.29) is 24.7 Å². The first-order valence-electron chi connectivity index (χ1n) is 12.0. The van der Waals surface area contributed by atoms with Gasteiger partial charge < -0.3 is 43.2 Å². The van der Waals surface area contributed by atoms with Gasteiger partial charge in [-0.05, 0) is 30.4 Å². The van der Waals surface area contributed by atoms with Gasteiger partial charge in [-0.25, -0.2) is 0 Å². The first-order valence-corrected chi connectivity index (χ1v) is 12.0. The van der Waals surface area contributed by atoms with Crippen LogP contribution >= 0.6 is 0 Å². The van der Waals surface area contributed by atoms with E-state index in [2.05, 4.69) is 25.9 Å². The number of aromatic amines is 1. The lowest BCUT2D eigenvalue weighted by atomic mass is 10.00. The number of carboxylic acids is 1. The second kappa shape index (κ2) is 13.8. The van der Waals surface area contributed by atoms with E-state index in [1.165, 1.54) is 0 Å². The van der Waals surface area contributed by atoms with Crippen LogP contribution in [0.4, 0.5) is 0 Å². The lowest BCUT2D eigenvalue weighted by Crippen LogP contribution is -2.57. The molecule has 0 saturated heterocycles. The molecule has 0 saturated carbocycles. The average molecular weight is 517 g/mol. The molecular formula is C24H36N8O5. The zero-order valence-electron chi connectivity index (χ0n) is 21.0. The van der Waals surface area contributed by atoms with E-state index in [4.69, 9.17) is 22.3 Å². The number of carboxylic acid groups (broad SMARTS) is 1. The zero-order chi connectivity index (χ0) is 27.5. The summed E-state index contributed by atoms with van der Waals surface area (Å²) in [5.41, 5.74) is 18.3. The third kappa shape index (κ3) is 9.11. The molecule has 202 valence electrons. The summed E-state index contributed by atoms with van der Waals surface area (Å²) in [4.78, 5) is 56.6. The number of nitrogens with two attached hydrogens (primary N) is 3. The number of aliphatic imine (C=N–C) groups is 1. The molecule has 0 radical (unpaired) electrons. The number of carbonyl (C=O) groups excluding carboxylic acids is 3. The highest BCUT2D eigenvalue weighted by molar-refractivity contribution is 5.94. The van der Waals surface area contributed by atoms with Crippen LogP contribution in [0.25, 0.3) is 10.9 Å². The van der Waals surface area contributed by atoms with Crippen molar-refractivity contribution < 1.29 is 24.3 Å². The molecule has 0 aliphatic heterocycles. The Balaban J connectivity index is 2.20. The van der Waals surface area contributed by atoms with Crippen LogP contribution in [0.1, 0.15) is 32.3 Å². The number of guanidine groups is 1. The topological polar surface area (TPSA) is 231 Å². The van der Waals surface area contributed by atoms with Crippen molar-refractivity contribution in [3.8, 4) is 0 Å². The van der Waals surface area contributed by atoms with Gasteiger partial charge in [0.05, 0.1) is 6.04 Å². The standard InChI is InChI=1S/C24H36N8O5/c1-13(2)20(23(37)30-12-19(33)34)32-22(36)18(10-14-11-29-17-8-4-3-6-15(14)17)31-21(35)16(25)7-5-9-28-24(26)27/h3-4,6,8,11,13,16,18,20,29H,5,7,9-10,12,25H2,1-2H3,(H,30,37)(H,31,35)(H,32,36)(H,33,34)(H4,26,27,28). The third-order valence-electron chi connectivity index (χ3n) is 5.70. The molecule has 0 aliphatic rings. The molecule has 0 bridgehead atoms. The Morgan fingerprint density at radius 2 is 1.76 bits per heavy atom. The molecular weight excluding hydrogens is 480 g/mol. The number of benzene rings is 1. The number of amides is 3. The largest absolute Gasteiger partial charge is 0.480 e.